The van der Waals surface area contributed by atoms with Gasteiger partial charge in [0.15, 0.2) is 0 Å². The first kappa shape index (κ1) is 17.8. The smallest absolute Gasteiger partial charge is 0.491 e. The SMILES string of the molecule is CC1(C)OB(c2c(OC3CCNCC3)ccc3cnccc23)OC1(C)C. The highest BCUT2D eigenvalue weighted by Crippen LogP contribution is 2.38. The van der Waals surface area contributed by atoms with Crippen molar-refractivity contribution in [2.45, 2.75) is 57.8 Å². The molecule has 0 amide bonds. The van der Waals surface area contributed by atoms with Gasteiger partial charge in [-0.25, -0.2) is 0 Å². The van der Waals surface area contributed by atoms with Crippen LogP contribution in [0.4, 0.5) is 0 Å². The third-order valence-corrected chi connectivity index (χ3v) is 5.89. The maximum atomic E-state index is 6.42. The molecule has 2 saturated heterocycles. The van der Waals surface area contributed by atoms with Crippen molar-refractivity contribution in [1.29, 1.82) is 0 Å². The second-order valence-electron chi connectivity index (χ2n) is 8.23. The average molecular weight is 354 g/mol. The Labute approximate surface area is 155 Å². The van der Waals surface area contributed by atoms with Gasteiger partial charge < -0.3 is 19.4 Å². The van der Waals surface area contributed by atoms with Crippen molar-refractivity contribution in [3.8, 4) is 5.75 Å². The molecule has 3 heterocycles. The zero-order chi connectivity index (χ0) is 18.4. The van der Waals surface area contributed by atoms with E-state index in [1.54, 1.807) is 0 Å². The van der Waals surface area contributed by atoms with Crippen LogP contribution >= 0.6 is 0 Å². The number of aromatic nitrogens is 1. The number of pyridine rings is 1. The third kappa shape index (κ3) is 3.11. The molecule has 26 heavy (non-hydrogen) atoms. The van der Waals surface area contributed by atoms with Gasteiger partial charge in [-0.2, -0.15) is 0 Å². The van der Waals surface area contributed by atoms with E-state index < -0.39 is 7.12 Å². The molecule has 0 atom stereocenters. The number of nitrogens with zero attached hydrogens (tertiary/aromatic N) is 1. The second-order valence-corrected chi connectivity index (χ2v) is 8.23. The largest absolute Gasteiger partial charge is 0.499 e. The Morgan fingerprint density at radius 1 is 1.08 bits per heavy atom. The Bertz CT molecular complexity index is 787. The maximum Gasteiger partial charge on any atom is 0.499 e. The molecule has 4 rings (SSSR count). The number of piperidine rings is 1. The second kappa shape index (κ2) is 6.52. The summed E-state index contributed by atoms with van der Waals surface area (Å²) in [6.45, 7) is 10.3. The molecule has 0 saturated carbocycles. The van der Waals surface area contributed by atoms with Gasteiger partial charge in [0, 0.05) is 17.9 Å². The minimum Gasteiger partial charge on any atom is -0.491 e. The first-order valence-corrected chi connectivity index (χ1v) is 9.47. The molecule has 0 bridgehead atoms. The van der Waals surface area contributed by atoms with Crippen molar-refractivity contribution in [2.24, 2.45) is 0 Å². The van der Waals surface area contributed by atoms with Crippen molar-refractivity contribution in [1.82, 2.24) is 10.3 Å². The molecule has 2 aliphatic rings. The van der Waals surface area contributed by atoms with Crippen LogP contribution in [0.25, 0.3) is 10.8 Å². The molecule has 2 fully saturated rings. The van der Waals surface area contributed by atoms with E-state index in [9.17, 15) is 0 Å². The summed E-state index contributed by atoms with van der Waals surface area (Å²) in [7, 11) is -0.456. The number of hydrogen-bond donors (Lipinski definition) is 1. The van der Waals surface area contributed by atoms with E-state index in [0.717, 1.165) is 47.9 Å². The summed E-state index contributed by atoms with van der Waals surface area (Å²) in [4.78, 5) is 4.25. The van der Waals surface area contributed by atoms with Crippen LogP contribution in [0.5, 0.6) is 5.75 Å². The predicted molar refractivity (Wildman–Crippen MR) is 104 cm³/mol. The van der Waals surface area contributed by atoms with Gasteiger partial charge in [-0.3, -0.25) is 4.98 Å². The fourth-order valence-corrected chi connectivity index (χ4v) is 3.57. The zero-order valence-corrected chi connectivity index (χ0v) is 16.0. The number of fused-ring (bicyclic) bond motifs is 1. The molecule has 1 aromatic heterocycles. The molecule has 2 aliphatic heterocycles. The fraction of sp³-hybridized carbons (Fsp3) is 0.550. The van der Waals surface area contributed by atoms with E-state index in [0.29, 0.717) is 0 Å². The van der Waals surface area contributed by atoms with Crippen LogP contribution in [-0.2, 0) is 9.31 Å². The van der Waals surface area contributed by atoms with E-state index in [1.807, 2.05) is 24.5 Å². The average Bonchev–Trinajstić information content (AvgIpc) is 2.83. The Morgan fingerprint density at radius 3 is 2.46 bits per heavy atom. The van der Waals surface area contributed by atoms with Gasteiger partial charge in [0.1, 0.15) is 11.9 Å². The van der Waals surface area contributed by atoms with E-state index in [2.05, 4.69) is 44.1 Å². The summed E-state index contributed by atoms with van der Waals surface area (Å²) in [5, 5.41) is 5.52. The van der Waals surface area contributed by atoms with Crippen molar-refractivity contribution < 1.29 is 14.0 Å². The Hall–Kier alpha value is -1.63. The number of hydrogen-bond acceptors (Lipinski definition) is 5. The van der Waals surface area contributed by atoms with E-state index in [-0.39, 0.29) is 17.3 Å². The standard InChI is InChI=1S/C20H27BN2O3/c1-19(2)20(3,4)26-21(25-19)18-16-9-12-23-13-14(16)5-6-17(18)24-15-7-10-22-11-8-15/h5-6,9,12-13,15,22H,7-8,10-11H2,1-4H3. The van der Waals surface area contributed by atoms with Crippen molar-refractivity contribution in [3.63, 3.8) is 0 Å². The first-order valence-electron chi connectivity index (χ1n) is 9.47. The molecule has 5 nitrogen and oxygen atoms in total. The molecule has 0 radical (unpaired) electrons. The van der Waals surface area contributed by atoms with Gasteiger partial charge in [-0.05, 0) is 82.6 Å². The van der Waals surface area contributed by atoms with E-state index in [4.69, 9.17) is 14.0 Å². The van der Waals surface area contributed by atoms with Crippen molar-refractivity contribution in [3.05, 3.63) is 30.6 Å². The normalized spacial score (nSPS) is 22.7. The summed E-state index contributed by atoms with van der Waals surface area (Å²) < 4.78 is 19.1. The molecule has 1 aromatic carbocycles. The minimum absolute atomic E-state index is 0.219. The maximum absolute atomic E-state index is 6.42. The number of ether oxygens (including phenoxy) is 1. The molecule has 1 N–H and O–H groups in total. The summed E-state index contributed by atoms with van der Waals surface area (Å²) in [5.74, 6) is 0.856. The molecule has 0 unspecified atom stereocenters. The topological polar surface area (TPSA) is 52.6 Å². The highest BCUT2D eigenvalue weighted by atomic mass is 16.7. The van der Waals surface area contributed by atoms with Crippen molar-refractivity contribution >= 4 is 23.4 Å². The molecule has 0 aliphatic carbocycles. The molecule has 138 valence electrons. The summed E-state index contributed by atoms with van der Waals surface area (Å²) in [6.07, 6.45) is 5.93. The molecular formula is C20H27BN2O3. The summed E-state index contributed by atoms with van der Waals surface area (Å²) in [6, 6.07) is 6.12. The van der Waals surface area contributed by atoms with Gasteiger partial charge in [0.05, 0.1) is 11.2 Å². The van der Waals surface area contributed by atoms with Crippen LogP contribution in [0.3, 0.4) is 0 Å². The van der Waals surface area contributed by atoms with Gasteiger partial charge >= 0.3 is 7.12 Å². The van der Waals surface area contributed by atoms with E-state index in [1.165, 1.54) is 0 Å². The van der Waals surface area contributed by atoms with Crippen LogP contribution < -0.4 is 15.5 Å². The van der Waals surface area contributed by atoms with Crippen LogP contribution in [-0.4, -0.2) is 42.5 Å². The van der Waals surface area contributed by atoms with Gasteiger partial charge in [-0.1, -0.05) is 0 Å². The van der Waals surface area contributed by atoms with Gasteiger partial charge in [-0.15, -0.1) is 0 Å². The van der Waals surface area contributed by atoms with Gasteiger partial charge in [0.2, 0.25) is 0 Å². The van der Waals surface area contributed by atoms with Crippen LogP contribution in [0.15, 0.2) is 30.6 Å². The predicted octanol–water partition coefficient (Wildman–Crippen LogP) is 2.66. The lowest BCUT2D eigenvalue weighted by Gasteiger charge is -2.32. The highest BCUT2D eigenvalue weighted by Gasteiger charge is 2.53. The zero-order valence-electron chi connectivity index (χ0n) is 16.0. The van der Waals surface area contributed by atoms with Crippen LogP contribution in [0, 0.1) is 0 Å². The lowest BCUT2D eigenvalue weighted by Crippen LogP contribution is -2.41. The lowest BCUT2D eigenvalue weighted by molar-refractivity contribution is 0.00578. The fourth-order valence-electron chi connectivity index (χ4n) is 3.57. The first-order chi connectivity index (χ1) is 12.4. The van der Waals surface area contributed by atoms with E-state index >= 15 is 0 Å². The van der Waals surface area contributed by atoms with Crippen molar-refractivity contribution in [2.75, 3.05) is 13.1 Å². The highest BCUT2D eigenvalue weighted by molar-refractivity contribution is 6.66. The van der Waals surface area contributed by atoms with Crippen LogP contribution in [0.2, 0.25) is 0 Å². The molecule has 0 spiro atoms. The van der Waals surface area contributed by atoms with Gasteiger partial charge in [0.25, 0.3) is 0 Å². The minimum atomic E-state index is -0.456. The number of nitrogens with one attached hydrogen (secondary N) is 1. The molecule has 2 aromatic rings. The monoisotopic (exact) mass is 354 g/mol. The molecule has 6 heteroatoms. The molecular weight excluding hydrogens is 327 g/mol. The Morgan fingerprint density at radius 2 is 1.77 bits per heavy atom. The summed E-state index contributed by atoms with van der Waals surface area (Å²) in [5.41, 5.74) is 0.194. The Kier molecular flexibility index (Phi) is 4.45. The number of rotatable bonds is 3. The van der Waals surface area contributed by atoms with Crippen LogP contribution in [0.1, 0.15) is 40.5 Å². The quantitative estimate of drug-likeness (QED) is 0.859. The number of benzene rings is 1. The third-order valence-electron chi connectivity index (χ3n) is 5.89. The summed E-state index contributed by atoms with van der Waals surface area (Å²) >= 11 is 0. The Balaban J connectivity index is 1.76. The lowest BCUT2D eigenvalue weighted by atomic mass is 9.75.